The number of rotatable bonds is 1. The third kappa shape index (κ3) is 0.926. The molecule has 0 amide bonds. The Bertz CT molecular complexity index is 143. The highest BCUT2D eigenvalue weighted by molar-refractivity contribution is 4.96. The van der Waals surface area contributed by atoms with Crippen LogP contribution in [0.2, 0.25) is 0 Å². The van der Waals surface area contributed by atoms with Crippen LogP contribution in [0.3, 0.4) is 0 Å². The van der Waals surface area contributed by atoms with E-state index in [1.54, 1.807) is 0 Å². The molecule has 2 aliphatic rings. The molecule has 1 saturated heterocycles. The zero-order valence-corrected chi connectivity index (χ0v) is 5.74. The Morgan fingerprint density at radius 1 is 1.30 bits per heavy atom. The van der Waals surface area contributed by atoms with E-state index in [4.69, 9.17) is 0 Å². The van der Waals surface area contributed by atoms with Gasteiger partial charge in [0.25, 0.3) is 5.92 Å². The number of halogens is 2. The normalized spacial score (nSPS) is 38.4. The number of hydrogen-bond acceptors (Lipinski definition) is 1. The molecule has 1 N–H and O–H groups in total. The van der Waals surface area contributed by atoms with Crippen LogP contribution in [0, 0.1) is 11.8 Å². The Kier molecular flexibility index (Phi) is 1.24. The first-order valence-corrected chi connectivity index (χ1v) is 3.79. The van der Waals surface area contributed by atoms with Crippen molar-refractivity contribution in [3.63, 3.8) is 0 Å². The fraction of sp³-hybridized carbons (Fsp3) is 1.00. The van der Waals surface area contributed by atoms with Crippen LogP contribution in [-0.4, -0.2) is 19.0 Å². The van der Waals surface area contributed by atoms with Crippen LogP contribution in [0.4, 0.5) is 8.78 Å². The van der Waals surface area contributed by atoms with E-state index >= 15 is 0 Å². The zero-order chi connectivity index (χ0) is 7.19. The van der Waals surface area contributed by atoms with E-state index in [0.29, 0.717) is 12.5 Å². The molecule has 1 atom stereocenters. The van der Waals surface area contributed by atoms with Crippen LogP contribution < -0.4 is 5.32 Å². The molecule has 2 fully saturated rings. The molecule has 0 spiro atoms. The lowest BCUT2D eigenvalue weighted by molar-refractivity contribution is -0.0292. The summed E-state index contributed by atoms with van der Waals surface area (Å²) >= 11 is 0. The van der Waals surface area contributed by atoms with Crippen molar-refractivity contribution in [2.24, 2.45) is 11.8 Å². The molecule has 10 heavy (non-hydrogen) atoms. The van der Waals surface area contributed by atoms with Crippen molar-refractivity contribution in [3.05, 3.63) is 0 Å². The average Bonchev–Trinajstić information content (AvgIpc) is 2.58. The highest BCUT2D eigenvalue weighted by Gasteiger charge is 2.50. The number of alkyl halides is 2. The van der Waals surface area contributed by atoms with Crippen molar-refractivity contribution in [2.75, 3.05) is 13.1 Å². The number of nitrogens with one attached hydrogen (secondary N) is 1. The van der Waals surface area contributed by atoms with Crippen LogP contribution in [0.1, 0.15) is 12.8 Å². The molecule has 1 saturated carbocycles. The van der Waals surface area contributed by atoms with Crippen LogP contribution >= 0.6 is 0 Å². The van der Waals surface area contributed by atoms with E-state index in [1.165, 1.54) is 0 Å². The Morgan fingerprint density at radius 3 is 2.40 bits per heavy atom. The van der Waals surface area contributed by atoms with E-state index < -0.39 is 5.92 Å². The van der Waals surface area contributed by atoms with Crippen molar-refractivity contribution in [3.8, 4) is 0 Å². The molecular weight excluding hydrogens is 136 g/mol. The summed E-state index contributed by atoms with van der Waals surface area (Å²) in [5.41, 5.74) is 0. The maximum atomic E-state index is 12.8. The van der Waals surface area contributed by atoms with Gasteiger partial charge < -0.3 is 5.32 Å². The molecule has 0 radical (unpaired) electrons. The lowest BCUT2D eigenvalue weighted by Crippen LogP contribution is -2.28. The van der Waals surface area contributed by atoms with Gasteiger partial charge in [0.1, 0.15) is 0 Å². The molecule has 1 aliphatic carbocycles. The van der Waals surface area contributed by atoms with Crippen molar-refractivity contribution < 1.29 is 8.78 Å². The van der Waals surface area contributed by atoms with Gasteiger partial charge in [-0.05, 0) is 18.8 Å². The molecule has 0 aromatic heterocycles. The zero-order valence-electron chi connectivity index (χ0n) is 5.74. The lowest BCUT2D eigenvalue weighted by atomic mass is 10.00. The van der Waals surface area contributed by atoms with Gasteiger partial charge in [0, 0.05) is 12.5 Å². The Balaban J connectivity index is 2.05. The second-order valence-corrected chi connectivity index (χ2v) is 3.34. The summed E-state index contributed by atoms with van der Waals surface area (Å²) in [6.45, 7) is 0.422. The molecule has 3 heteroatoms. The minimum atomic E-state index is -2.42. The largest absolute Gasteiger partial charge is 0.311 e. The minimum Gasteiger partial charge on any atom is -0.311 e. The van der Waals surface area contributed by atoms with Gasteiger partial charge in [0.05, 0.1) is 6.54 Å². The van der Waals surface area contributed by atoms with Gasteiger partial charge in [-0.15, -0.1) is 0 Å². The summed E-state index contributed by atoms with van der Waals surface area (Å²) in [7, 11) is 0. The van der Waals surface area contributed by atoms with Gasteiger partial charge in [-0.3, -0.25) is 0 Å². The van der Waals surface area contributed by atoms with Gasteiger partial charge in [0.15, 0.2) is 0 Å². The number of hydrogen-bond donors (Lipinski definition) is 1. The monoisotopic (exact) mass is 147 g/mol. The standard InChI is InChI=1S/C7H11F2N/c8-7(9)4-10-3-6(7)5-1-2-5/h5-6,10H,1-4H2. The fourth-order valence-corrected chi connectivity index (χ4v) is 1.68. The second kappa shape index (κ2) is 1.91. The van der Waals surface area contributed by atoms with Crippen LogP contribution in [0.25, 0.3) is 0 Å². The molecule has 2 rings (SSSR count). The third-order valence-corrected chi connectivity index (χ3v) is 2.46. The highest BCUT2D eigenvalue weighted by Crippen LogP contribution is 2.45. The highest BCUT2D eigenvalue weighted by atomic mass is 19.3. The van der Waals surface area contributed by atoms with Crippen molar-refractivity contribution in [1.82, 2.24) is 5.32 Å². The first-order valence-electron chi connectivity index (χ1n) is 3.79. The predicted molar refractivity (Wildman–Crippen MR) is 34.0 cm³/mol. The average molecular weight is 147 g/mol. The van der Waals surface area contributed by atoms with Crippen molar-refractivity contribution in [2.45, 2.75) is 18.8 Å². The Labute approximate surface area is 58.8 Å². The van der Waals surface area contributed by atoms with Crippen molar-refractivity contribution in [1.29, 1.82) is 0 Å². The predicted octanol–water partition coefficient (Wildman–Crippen LogP) is 1.25. The van der Waals surface area contributed by atoms with Gasteiger partial charge in [-0.1, -0.05) is 0 Å². The summed E-state index contributed by atoms with van der Waals surface area (Å²) in [5.74, 6) is -2.45. The summed E-state index contributed by atoms with van der Waals surface area (Å²) in [5, 5.41) is 2.73. The molecule has 58 valence electrons. The first kappa shape index (κ1) is 6.53. The first-order chi connectivity index (χ1) is 4.70. The summed E-state index contributed by atoms with van der Waals surface area (Å²) < 4.78 is 25.7. The van der Waals surface area contributed by atoms with Gasteiger partial charge >= 0.3 is 0 Å². The minimum absolute atomic E-state index is 0.103. The summed E-state index contributed by atoms with van der Waals surface area (Å²) in [6, 6.07) is 0. The van der Waals surface area contributed by atoms with Crippen LogP contribution in [0.5, 0.6) is 0 Å². The molecule has 1 aliphatic heterocycles. The topological polar surface area (TPSA) is 12.0 Å². The fourth-order valence-electron chi connectivity index (χ4n) is 1.68. The van der Waals surface area contributed by atoms with Gasteiger partial charge in [0.2, 0.25) is 0 Å². The molecule has 1 unspecified atom stereocenters. The van der Waals surface area contributed by atoms with E-state index in [9.17, 15) is 8.78 Å². The smallest absolute Gasteiger partial charge is 0.264 e. The lowest BCUT2D eigenvalue weighted by Gasteiger charge is -2.16. The van der Waals surface area contributed by atoms with Gasteiger partial charge in [-0.2, -0.15) is 0 Å². The third-order valence-electron chi connectivity index (χ3n) is 2.46. The van der Waals surface area contributed by atoms with E-state index in [1.807, 2.05) is 0 Å². The maximum Gasteiger partial charge on any atom is 0.264 e. The summed E-state index contributed by atoms with van der Waals surface area (Å²) in [4.78, 5) is 0. The van der Waals surface area contributed by atoms with E-state index in [-0.39, 0.29) is 12.5 Å². The summed E-state index contributed by atoms with van der Waals surface area (Å²) in [6.07, 6.45) is 2.03. The Hall–Kier alpha value is -0.180. The van der Waals surface area contributed by atoms with E-state index in [2.05, 4.69) is 5.32 Å². The van der Waals surface area contributed by atoms with E-state index in [0.717, 1.165) is 12.8 Å². The quantitative estimate of drug-likeness (QED) is 0.588. The van der Waals surface area contributed by atoms with Crippen molar-refractivity contribution >= 4 is 0 Å². The van der Waals surface area contributed by atoms with Crippen LogP contribution in [-0.2, 0) is 0 Å². The molecule has 1 heterocycles. The Morgan fingerprint density at radius 2 is 2.00 bits per heavy atom. The van der Waals surface area contributed by atoms with Gasteiger partial charge in [-0.25, -0.2) is 8.78 Å². The molecular formula is C7H11F2N. The van der Waals surface area contributed by atoms with Crippen LogP contribution in [0.15, 0.2) is 0 Å². The molecule has 0 aromatic carbocycles. The molecule has 0 bridgehead atoms. The molecule has 0 aromatic rings. The maximum absolute atomic E-state index is 12.8. The second-order valence-electron chi connectivity index (χ2n) is 3.34. The molecule has 1 nitrogen and oxygen atoms in total. The SMILES string of the molecule is FC1(F)CNCC1C1CC1.